The van der Waals surface area contributed by atoms with Gasteiger partial charge in [0.1, 0.15) is 5.75 Å². The summed E-state index contributed by atoms with van der Waals surface area (Å²) >= 11 is 1.37. The van der Waals surface area contributed by atoms with E-state index in [-0.39, 0.29) is 24.0 Å². The molecule has 0 spiro atoms. The molecule has 5 nitrogen and oxygen atoms in total. The number of hydrogen-bond donors (Lipinski definition) is 3. The van der Waals surface area contributed by atoms with E-state index in [0.717, 1.165) is 10.6 Å². The second kappa shape index (κ2) is 6.11. The van der Waals surface area contributed by atoms with E-state index >= 15 is 0 Å². The molecule has 0 fully saturated rings. The molecule has 1 aliphatic heterocycles. The average molecular weight is 314 g/mol. The molecule has 1 aliphatic rings. The van der Waals surface area contributed by atoms with Gasteiger partial charge in [-0.2, -0.15) is 0 Å². The summed E-state index contributed by atoms with van der Waals surface area (Å²) in [6.07, 6.45) is 0.0408. The Morgan fingerprint density at radius 1 is 1.18 bits per heavy atom. The summed E-state index contributed by atoms with van der Waals surface area (Å²) in [5, 5.41) is 14.6. The van der Waals surface area contributed by atoms with Gasteiger partial charge in [-0.25, -0.2) is 0 Å². The van der Waals surface area contributed by atoms with Gasteiger partial charge in [-0.1, -0.05) is 24.3 Å². The predicted molar refractivity (Wildman–Crippen MR) is 86.1 cm³/mol. The minimum Gasteiger partial charge on any atom is -0.506 e. The summed E-state index contributed by atoms with van der Waals surface area (Å²) in [5.74, 6) is -0.494. The van der Waals surface area contributed by atoms with Crippen molar-refractivity contribution in [3.63, 3.8) is 0 Å². The van der Waals surface area contributed by atoms with Gasteiger partial charge in [0.25, 0.3) is 0 Å². The standard InChI is InChI=1S/C16H14N2O3S/c19-12-7-3-1-5-10(12)17-15(20)9-14-16(21)18-11-6-2-4-8-13(11)22-14/h1-8,14,19H,9H2,(H,17,20)(H,18,21). The molecule has 1 heterocycles. The second-order valence-electron chi connectivity index (χ2n) is 4.86. The highest BCUT2D eigenvalue weighted by atomic mass is 32.2. The van der Waals surface area contributed by atoms with Gasteiger partial charge in [0.15, 0.2) is 0 Å². The highest BCUT2D eigenvalue weighted by Crippen LogP contribution is 2.36. The number of carbonyl (C=O) groups is 2. The number of nitrogens with one attached hydrogen (secondary N) is 2. The van der Waals surface area contributed by atoms with Gasteiger partial charge in [0.2, 0.25) is 11.8 Å². The molecule has 0 aromatic heterocycles. The van der Waals surface area contributed by atoms with Crippen LogP contribution in [0, 0.1) is 0 Å². The molecule has 0 radical (unpaired) electrons. The lowest BCUT2D eigenvalue weighted by atomic mass is 10.2. The van der Waals surface area contributed by atoms with E-state index in [1.165, 1.54) is 17.8 Å². The van der Waals surface area contributed by atoms with Gasteiger partial charge in [0.05, 0.1) is 16.6 Å². The van der Waals surface area contributed by atoms with E-state index in [0.29, 0.717) is 5.69 Å². The van der Waals surface area contributed by atoms with Crippen LogP contribution in [-0.2, 0) is 9.59 Å². The van der Waals surface area contributed by atoms with Crippen LogP contribution in [0.1, 0.15) is 6.42 Å². The van der Waals surface area contributed by atoms with Crippen molar-refractivity contribution in [2.45, 2.75) is 16.6 Å². The van der Waals surface area contributed by atoms with Crippen LogP contribution in [-0.4, -0.2) is 22.2 Å². The van der Waals surface area contributed by atoms with Crippen LogP contribution in [0.15, 0.2) is 53.4 Å². The number of thioether (sulfide) groups is 1. The third-order valence-electron chi connectivity index (χ3n) is 3.26. The SMILES string of the molecule is O=C(CC1Sc2ccccc2NC1=O)Nc1ccccc1O. The Hall–Kier alpha value is -2.47. The minimum absolute atomic E-state index is 0.00180. The Morgan fingerprint density at radius 3 is 2.73 bits per heavy atom. The zero-order valence-electron chi connectivity index (χ0n) is 11.6. The van der Waals surface area contributed by atoms with Gasteiger partial charge < -0.3 is 15.7 Å². The first-order valence-corrected chi connectivity index (χ1v) is 7.66. The number of fused-ring (bicyclic) bond motifs is 1. The number of aromatic hydroxyl groups is 1. The quantitative estimate of drug-likeness (QED) is 0.761. The molecule has 0 aliphatic carbocycles. The first-order chi connectivity index (χ1) is 10.6. The summed E-state index contributed by atoms with van der Waals surface area (Å²) in [6, 6.07) is 14.0. The number of amides is 2. The molecule has 3 N–H and O–H groups in total. The van der Waals surface area contributed by atoms with Crippen molar-refractivity contribution in [1.29, 1.82) is 0 Å². The topological polar surface area (TPSA) is 78.4 Å². The van der Waals surface area contributed by atoms with Gasteiger partial charge in [-0.15, -0.1) is 11.8 Å². The molecule has 1 atom stereocenters. The molecule has 0 saturated carbocycles. The second-order valence-corrected chi connectivity index (χ2v) is 6.11. The number of phenolic OH excluding ortho intramolecular Hbond substituents is 1. The fourth-order valence-electron chi connectivity index (χ4n) is 2.18. The van der Waals surface area contributed by atoms with E-state index in [1.54, 1.807) is 18.2 Å². The normalized spacial score (nSPS) is 16.5. The Bertz CT molecular complexity index is 733. The number of carbonyl (C=O) groups excluding carboxylic acids is 2. The molecular weight excluding hydrogens is 300 g/mol. The van der Waals surface area contributed by atoms with Crippen molar-refractivity contribution < 1.29 is 14.7 Å². The van der Waals surface area contributed by atoms with E-state index in [9.17, 15) is 14.7 Å². The van der Waals surface area contributed by atoms with E-state index < -0.39 is 5.25 Å². The van der Waals surface area contributed by atoms with Gasteiger partial charge >= 0.3 is 0 Å². The maximum absolute atomic E-state index is 12.1. The first kappa shape index (κ1) is 14.5. The van der Waals surface area contributed by atoms with Crippen molar-refractivity contribution in [2.24, 2.45) is 0 Å². The molecule has 2 aromatic carbocycles. The summed E-state index contributed by atoms with van der Waals surface area (Å²) < 4.78 is 0. The van der Waals surface area contributed by atoms with Crippen LogP contribution in [0.4, 0.5) is 11.4 Å². The van der Waals surface area contributed by atoms with Crippen molar-refractivity contribution in [3.05, 3.63) is 48.5 Å². The highest BCUT2D eigenvalue weighted by Gasteiger charge is 2.28. The van der Waals surface area contributed by atoms with Gasteiger partial charge in [0, 0.05) is 11.3 Å². The monoisotopic (exact) mass is 314 g/mol. The Labute approximate surface area is 131 Å². The number of hydrogen-bond acceptors (Lipinski definition) is 4. The van der Waals surface area contributed by atoms with Crippen molar-refractivity contribution in [3.8, 4) is 5.75 Å². The van der Waals surface area contributed by atoms with Crippen LogP contribution in [0.25, 0.3) is 0 Å². The number of anilines is 2. The lowest BCUT2D eigenvalue weighted by Gasteiger charge is -2.23. The lowest BCUT2D eigenvalue weighted by Crippen LogP contribution is -2.32. The molecule has 0 bridgehead atoms. The average Bonchev–Trinajstić information content (AvgIpc) is 2.50. The zero-order chi connectivity index (χ0) is 15.5. The molecule has 22 heavy (non-hydrogen) atoms. The molecule has 2 amide bonds. The zero-order valence-corrected chi connectivity index (χ0v) is 12.4. The van der Waals surface area contributed by atoms with Crippen LogP contribution in [0.2, 0.25) is 0 Å². The number of rotatable bonds is 3. The van der Waals surface area contributed by atoms with E-state index in [4.69, 9.17) is 0 Å². The molecule has 112 valence electrons. The fourth-order valence-corrected chi connectivity index (χ4v) is 3.29. The third-order valence-corrected chi connectivity index (χ3v) is 4.53. The lowest BCUT2D eigenvalue weighted by molar-refractivity contribution is -0.120. The molecule has 6 heteroatoms. The number of para-hydroxylation sites is 3. The van der Waals surface area contributed by atoms with Crippen LogP contribution in [0.5, 0.6) is 5.75 Å². The maximum Gasteiger partial charge on any atom is 0.238 e. The molecule has 3 rings (SSSR count). The van der Waals surface area contributed by atoms with Crippen molar-refractivity contribution in [2.75, 3.05) is 10.6 Å². The highest BCUT2D eigenvalue weighted by molar-refractivity contribution is 8.01. The summed E-state index contributed by atoms with van der Waals surface area (Å²) in [6.45, 7) is 0. The van der Waals surface area contributed by atoms with Gasteiger partial charge in [-0.05, 0) is 24.3 Å². The third kappa shape index (κ3) is 3.07. The maximum atomic E-state index is 12.1. The summed E-state index contributed by atoms with van der Waals surface area (Å²) in [7, 11) is 0. The molecular formula is C16H14N2O3S. The van der Waals surface area contributed by atoms with Crippen molar-refractivity contribution in [1.82, 2.24) is 0 Å². The number of benzene rings is 2. The minimum atomic E-state index is -0.485. The Balaban J connectivity index is 1.67. The van der Waals surface area contributed by atoms with E-state index in [1.807, 2.05) is 24.3 Å². The van der Waals surface area contributed by atoms with Crippen molar-refractivity contribution >= 4 is 35.0 Å². The summed E-state index contributed by atoms with van der Waals surface area (Å²) in [5.41, 5.74) is 1.11. The fraction of sp³-hybridized carbons (Fsp3) is 0.125. The van der Waals surface area contributed by atoms with Crippen LogP contribution < -0.4 is 10.6 Å². The summed E-state index contributed by atoms with van der Waals surface area (Å²) in [4.78, 5) is 25.1. The van der Waals surface area contributed by atoms with Crippen LogP contribution in [0.3, 0.4) is 0 Å². The van der Waals surface area contributed by atoms with Crippen LogP contribution >= 0.6 is 11.8 Å². The largest absolute Gasteiger partial charge is 0.506 e. The molecule has 1 unspecified atom stereocenters. The molecule has 0 saturated heterocycles. The first-order valence-electron chi connectivity index (χ1n) is 6.78. The predicted octanol–water partition coefficient (Wildman–Crippen LogP) is 2.83. The van der Waals surface area contributed by atoms with E-state index in [2.05, 4.69) is 10.6 Å². The Kier molecular flexibility index (Phi) is 4.02. The smallest absolute Gasteiger partial charge is 0.238 e. The molecule has 2 aromatic rings. The van der Waals surface area contributed by atoms with Gasteiger partial charge in [-0.3, -0.25) is 9.59 Å². The number of phenols is 1. The Morgan fingerprint density at radius 2 is 1.91 bits per heavy atom.